The Hall–Kier alpha value is -2.49. The molecule has 0 saturated heterocycles. The summed E-state index contributed by atoms with van der Waals surface area (Å²) in [5, 5.41) is 7.50. The van der Waals surface area contributed by atoms with Crippen LogP contribution in [-0.4, -0.2) is 19.3 Å². The standard InChI is InChI=1S/C15H15N3O4S2/c1-9(19)13-11(22-10-5-3-2-4-6-10)7-8-12(24(17,20)21)14(13)18-15(16)23/h2-8H,1H3,(H3,16,18,23)(H2,17,20,21). The second-order valence-electron chi connectivity index (χ2n) is 4.82. The van der Waals surface area contributed by atoms with Crippen molar-refractivity contribution in [2.45, 2.75) is 11.8 Å². The summed E-state index contributed by atoms with van der Waals surface area (Å²) in [6.45, 7) is 1.27. The summed E-state index contributed by atoms with van der Waals surface area (Å²) < 4.78 is 29.2. The van der Waals surface area contributed by atoms with E-state index in [1.54, 1.807) is 24.3 Å². The van der Waals surface area contributed by atoms with Crippen LogP contribution in [-0.2, 0) is 10.0 Å². The lowest BCUT2D eigenvalue weighted by Gasteiger charge is -2.17. The number of carbonyl (C=O) groups is 1. The number of Topliss-reactive ketones (excluding diaryl/α,β-unsaturated/α-hetero) is 1. The van der Waals surface area contributed by atoms with Crippen LogP contribution in [0, 0.1) is 0 Å². The zero-order chi connectivity index (χ0) is 17.9. The lowest BCUT2D eigenvalue weighted by Crippen LogP contribution is -2.24. The molecule has 24 heavy (non-hydrogen) atoms. The molecular weight excluding hydrogens is 350 g/mol. The first-order chi connectivity index (χ1) is 11.2. The van der Waals surface area contributed by atoms with Crippen LogP contribution in [0.1, 0.15) is 17.3 Å². The summed E-state index contributed by atoms with van der Waals surface area (Å²) >= 11 is 4.76. The molecular formula is C15H15N3O4S2. The number of benzene rings is 2. The largest absolute Gasteiger partial charge is 0.457 e. The molecule has 2 rings (SSSR count). The van der Waals surface area contributed by atoms with Gasteiger partial charge in [-0.3, -0.25) is 4.79 Å². The fourth-order valence-electron chi connectivity index (χ4n) is 2.10. The minimum atomic E-state index is -4.11. The van der Waals surface area contributed by atoms with E-state index in [0.717, 1.165) is 0 Å². The molecule has 0 aromatic heterocycles. The van der Waals surface area contributed by atoms with Crippen LogP contribution in [0.4, 0.5) is 5.69 Å². The van der Waals surface area contributed by atoms with Crippen molar-refractivity contribution in [3.05, 3.63) is 48.0 Å². The molecule has 126 valence electrons. The number of rotatable bonds is 5. The highest BCUT2D eigenvalue weighted by Gasteiger charge is 2.24. The molecule has 0 saturated carbocycles. The Morgan fingerprint density at radius 2 is 1.79 bits per heavy atom. The number of nitrogens with two attached hydrogens (primary N) is 2. The number of ether oxygens (including phenoxy) is 1. The first-order valence-electron chi connectivity index (χ1n) is 6.70. The van der Waals surface area contributed by atoms with Crippen molar-refractivity contribution < 1.29 is 17.9 Å². The maximum absolute atomic E-state index is 12.1. The molecule has 5 N–H and O–H groups in total. The number of hydrogen-bond acceptors (Lipinski definition) is 5. The third-order valence-corrected chi connectivity index (χ3v) is 4.06. The number of primary sulfonamides is 1. The Labute approximate surface area is 144 Å². The third-order valence-electron chi connectivity index (χ3n) is 3.01. The first-order valence-corrected chi connectivity index (χ1v) is 8.65. The molecule has 0 spiro atoms. The number of sulfonamides is 1. The zero-order valence-corrected chi connectivity index (χ0v) is 14.3. The summed E-state index contributed by atoms with van der Waals surface area (Å²) in [4.78, 5) is 11.8. The predicted octanol–water partition coefficient (Wildman–Crippen LogP) is 1.98. The van der Waals surface area contributed by atoms with Crippen molar-refractivity contribution in [2.75, 3.05) is 5.32 Å². The highest BCUT2D eigenvalue weighted by Crippen LogP contribution is 2.35. The molecule has 7 nitrogen and oxygen atoms in total. The van der Waals surface area contributed by atoms with Crippen molar-refractivity contribution in [2.24, 2.45) is 10.9 Å². The number of para-hydroxylation sites is 1. The Morgan fingerprint density at radius 1 is 1.17 bits per heavy atom. The van der Waals surface area contributed by atoms with Crippen molar-refractivity contribution in [3.8, 4) is 11.5 Å². The molecule has 0 radical (unpaired) electrons. The van der Waals surface area contributed by atoms with Crippen molar-refractivity contribution >= 4 is 38.8 Å². The summed E-state index contributed by atoms with van der Waals surface area (Å²) in [7, 11) is -4.11. The lowest BCUT2D eigenvalue weighted by atomic mass is 10.1. The Morgan fingerprint density at radius 3 is 2.29 bits per heavy atom. The van der Waals surface area contributed by atoms with Gasteiger partial charge in [0, 0.05) is 0 Å². The lowest BCUT2D eigenvalue weighted by molar-refractivity contribution is 0.101. The predicted molar refractivity (Wildman–Crippen MR) is 94.7 cm³/mol. The summed E-state index contributed by atoms with van der Waals surface area (Å²) in [6, 6.07) is 11.3. The van der Waals surface area contributed by atoms with Gasteiger partial charge in [0.2, 0.25) is 10.0 Å². The second-order valence-corrected chi connectivity index (χ2v) is 6.79. The number of thiocarbonyl (C=S) groups is 1. The molecule has 0 aliphatic carbocycles. The maximum Gasteiger partial charge on any atom is 0.240 e. The van der Waals surface area contributed by atoms with Crippen LogP contribution in [0.15, 0.2) is 47.4 Å². The zero-order valence-electron chi connectivity index (χ0n) is 12.6. The van der Waals surface area contributed by atoms with E-state index in [9.17, 15) is 13.2 Å². The average molecular weight is 365 g/mol. The quantitative estimate of drug-likeness (QED) is 0.546. The smallest absolute Gasteiger partial charge is 0.240 e. The minimum Gasteiger partial charge on any atom is -0.457 e. The molecule has 9 heteroatoms. The molecule has 0 atom stereocenters. The van der Waals surface area contributed by atoms with Crippen molar-refractivity contribution in [1.29, 1.82) is 0 Å². The van der Waals surface area contributed by atoms with Gasteiger partial charge < -0.3 is 15.8 Å². The Kier molecular flexibility index (Phi) is 5.17. The number of hydrogen-bond donors (Lipinski definition) is 3. The highest BCUT2D eigenvalue weighted by atomic mass is 32.2. The number of anilines is 1. The number of carbonyl (C=O) groups excluding carboxylic acids is 1. The fraction of sp³-hybridized carbons (Fsp3) is 0.0667. The van der Waals surface area contributed by atoms with Gasteiger partial charge in [0.1, 0.15) is 16.4 Å². The van der Waals surface area contributed by atoms with Gasteiger partial charge in [0.05, 0.1) is 11.3 Å². The van der Waals surface area contributed by atoms with E-state index in [4.69, 9.17) is 27.8 Å². The van der Waals surface area contributed by atoms with Gasteiger partial charge in [-0.2, -0.15) is 0 Å². The number of ketones is 1. The maximum atomic E-state index is 12.1. The molecule has 0 aliphatic heterocycles. The Bertz CT molecular complexity index is 896. The van der Waals surface area contributed by atoms with E-state index in [1.807, 2.05) is 6.07 Å². The van der Waals surface area contributed by atoms with Gasteiger partial charge >= 0.3 is 0 Å². The normalized spacial score (nSPS) is 10.9. The SMILES string of the molecule is CC(=O)c1c(Oc2ccccc2)ccc(S(N)(=O)=O)c1NC(N)=S. The summed E-state index contributed by atoms with van der Waals surface area (Å²) in [6.07, 6.45) is 0. The van der Waals surface area contributed by atoms with E-state index in [1.165, 1.54) is 19.1 Å². The van der Waals surface area contributed by atoms with Crippen molar-refractivity contribution in [3.63, 3.8) is 0 Å². The van der Waals surface area contributed by atoms with E-state index in [0.29, 0.717) is 5.75 Å². The van der Waals surface area contributed by atoms with Crippen LogP contribution in [0.3, 0.4) is 0 Å². The van der Waals surface area contributed by atoms with E-state index in [2.05, 4.69) is 5.32 Å². The molecule has 0 aliphatic rings. The van der Waals surface area contributed by atoms with Gasteiger partial charge in [-0.25, -0.2) is 13.6 Å². The van der Waals surface area contributed by atoms with Crippen LogP contribution in [0.5, 0.6) is 11.5 Å². The highest BCUT2D eigenvalue weighted by molar-refractivity contribution is 7.89. The van der Waals surface area contributed by atoms with Crippen LogP contribution in [0.2, 0.25) is 0 Å². The van der Waals surface area contributed by atoms with E-state index in [-0.39, 0.29) is 27.0 Å². The Balaban J connectivity index is 2.69. The van der Waals surface area contributed by atoms with Gasteiger partial charge in [0.25, 0.3) is 0 Å². The second kappa shape index (κ2) is 6.95. The molecule has 0 bridgehead atoms. The van der Waals surface area contributed by atoms with Gasteiger partial charge in [0.15, 0.2) is 10.9 Å². The first kappa shape index (κ1) is 17.9. The monoisotopic (exact) mass is 365 g/mol. The molecule has 0 amide bonds. The van der Waals surface area contributed by atoms with Crippen LogP contribution < -0.4 is 20.9 Å². The van der Waals surface area contributed by atoms with E-state index >= 15 is 0 Å². The summed E-state index contributed by atoms with van der Waals surface area (Å²) in [5.74, 6) is 0.190. The van der Waals surface area contributed by atoms with Gasteiger partial charge in [-0.15, -0.1) is 0 Å². The van der Waals surface area contributed by atoms with Crippen molar-refractivity contribution in [1.82, 2.24) is 0 Å². The topological polar surface area (TPSA) is 125 Å². The minimum absolute atomic E-state index is 0.0156. The van der Waals surface area contributed by atoms with Crippen LogP contribution >= 0.6 is 12.2 Å². The molecule has 0 heterocycles. The van der Waals surface area contributed by atoms with Gasteiger partial charge in [-0.1, -0.05) is 18.2 Å². The van der Waals surface area contributed by atoms with Gasteiger partial charge in [-0.05, 0) is 43.4 Å². The molecule has 0 fully saturated rings. The molecule has 2 aromatic carbocycles. The fourth-order valence-corrected chi connectivity index (χ4v) is 2.90. The summed E-state index contributed by atoms with van der Waals surface area (Å²) in [5.41, 5.74) is 5.32. The molecule has 2 aromatic rings. The number of nitrogens with one attached hydrogen (secondary N) is 1. The van der Waals surface area contributed by atoms with Crippen LogP contribution in [0.25, 0.3) is 0 Å². The average Bonchev–Trinajstić information content (AvgIpc) is 2.46. The van der Waals surface area contributed by atoms with E-state index < -0.39 is 15.8 Å². The molecule has 0 unspecified atom stereocenters. The third kappa shape index (κ3) is 4.07.